The van der Waals surface area contributed by atoms with Crippen molar-refractivity contribution in [2.45, 2.75) is 0 Å². The zero-order chi connectivity index (χ0) is 5.28. The zero-order valence-corrected chi connectivity index (χ0v) is 6.57. The first-order chi connectivity index (χ1) is 3.30. The Morgan fingerprint density at radius 3 is 2.25 bits per heavy atom. The van der Waals surface area contributed by atoms with Crippen molar-refractivity contribution in [1.82, 2.24) is 0 Å². The summed E-state index contributed by atoms with van der Waals surface area (Å²) in [5.74, 6) is 0. The minimum Gasteiger partial charge on any atom is -0.301 e. The monoisotopic (exact) mass is 158 g/mol. The molecule has 1 aromatic rings. The molecule has 0 radical (unpaired) electrons. The van der Waals surface area contributed by atoms with Crippen molar-refractivity contribution < 1.29 is 18.9 Å². The van der Waals surface area contributed by atoms with Gasteiger partial charge in [-0.2, -0.15) is 11.6 Å². The van der Waals surface area contributed by atoms with E-state index in [0.717, 1.165) is 0 Å². The van der Waals surface area contributed by atoms with E-state index in [-0.39, 0.29) is 18.9 Å². The molecule has 0 aliphatic carbocycles. The maximum atomic E-state index is 5.47. The maximum Gasteiger partial charge on any atom is 1.00 e. The van der Waals surface area contributed by atoms with E-state index >= 15 is 0 Å². The summed E-state index contributed by atoms with van der Waals surface area (Å²) in [6, 6.07) is 0. The van der Waals surface area contributed by atoms with Crippen molar-refractivity contribution in [3.05, 3.63) is 20.8 Å². The molecule has 4 heteroatoms. The Labute approximate surface area is 74.0 Å². The van der Waals surface area contributed by atoms with Crippen LogP contribution in [0.5, 0.6) is 0 Å². The van der Waals surface area contributed by atoms with E-state index in [0.29, 0.717) is 10.0 Å². The number of hydrogen-bond acceptors (Lipinski definition) is 1. The van der Waals surface area contributed by atoms with Crippen LogP contribution < -0.4 is 18.9 Å². The molecule has 1 aromatic heterocycles. The Bertz CT molecular complexity index is 146. The number of thiophene rings is 1. The summed E-state index contributed by atoms with van der Waals surface area (Å²) in [6.45, 7) is 0. The molecule has 0 saturated heterocycles. The zero-order valence-electron chi connectivity index (χ0n) is 4.24. The molecule has 0 spiro atoms. The van der Waals surface area contributed by atoms with Gasteiger partial charge in [0.15, 0.2) is 0 Å². The van der Waals surface area contributed by atoms with Gasteiger partial charge in [0.1, 0.15) is 0 Å². The van der Waals surface area contributed by atoms with Crippen molar-refractivity contribution >= 4 is 34.5 Å². The van der Waals surface area contributed by atoms with Gasteiger partial charge in [0.2, 0.25) is 0 Å². The molecule has 38 valence electrons. The van der Waals surface area contributed by atoms with Crippen molar-refractivity contribution in [3.63, 3.8) is 0 Å². The number of halogens is 2. The summed E-state index contributed by atoms with van der Waals surface area (Å²) in [7, 11) is 0. The standard InChI is InChI=1S/C4HCl2S.Li/c5-3-1-7-2-4(3)6;/h1H;/q-1;+1. The Morgan fingerprint density at radius 2 is 2.12 bits per heavy atom. The van der Waals surface area contributed by atoms with Crippen LogP contribution in [0.1, 0.15) is 0 Å². The van der Waals surface area contributed by atoms with Crippen molar-refractivity contribution in [1.29, 1.82) is 0 Å². The first-order valence-electron chi connectivity index (χ1n) is 1.61. The van der Waals surface area contributed by atoms with Gasteiger partial charge in [-0.1, -0.05) is 10.0 Å². The average Bonchev–Trinajstić information content (AvgIpc) is 1.91. The first-order valence-corrected chi connectivity index (χ1v) is 3.24. The summed E-state index contributed by atoms with van der Waals surface area (Å²) in [6.07, 6.45) is 0. The third kappa shape index (κ3) is 2.01. The molecule has 0 fully saturated rings. The number of rotatable bonds is 0. The predicted molar refractivity (Wildman–Crippen MR) is 33.2 cm³/mol. The number of hydrogen-bond donors (Lipinski definition) is 0. The fourth-order valence-corrected chi connectivity index (χ4v) is 1.22. The minimum absolute atomic E-state index is 0. The van der Waals surface area contributed by atoms with Gasteiger partial charge in [0.05, 0.1) is 0 Å². The van der Waals surface area contributed by atoms with Gasteiger partial charge in [0.25, 0.3) is 0 Å². The molecule has 0 atom stereocenters. The van der Waals surface area contributed by atoms with Gasteiger partial charge in [-0.3, -0.25) is 0 Å². The van der Waals surface area contributed by atoms with Crippen molar-refractivity contribution in [3.8, 4) is 0 Å². The van der Waals surface area contributed by atoms with Gasteiger partial charge in [0, 0.05) is 0 Å². The second-order valence-corrected chi connectivity index (χ2v) is 2.46. The van der Waals surface area contributed by atoms with Gasteiger partial charge < -0.3 is 11.3 Å². The van der Waals surface area contributed by atoms with Crippen LogP contribution >= 0.6 is 34.5 Å². The van der Waals surface area contributed by atoms with E-state index in [9.17, 15) is 0 Å². The van der Waals surface area contributed by atoms with Crippen LogP contribution in [-0.2, 0) is 0 Å². The van der Waals surface area contributed by atoms with Crippen LogP contribution in [0, 0.1) is 5.38 Å². The molecule has 0 nitrogen and oxygen atoms in total. The van der Waals surface area contributed by atoms with Gasteiger partial charge in [-0.25, -0.2) is 0 Å². The van der Waals surface area contributed by atoms with E-state index in [2.05, 4.69) is 5.38 Å². The molecule has 0 aliphatic rings. The van der Waals surface area contributed by atoms with E-state index in [1.54, 1.807) is 5.38 Å². The molecule has 0 amide bonds. The molecule has 0 aliphatic heterocycles. The largest absolute Gasteiger partial charge is 1.00 e. The quantitative estimate of drug-likeness (QED) is 0.365. The molecule has 8 heavy (non-hydrogen) atoms. The molecule has 1 heterocycles. The molecule has 1 rings (SSSR count). The molecular weight excluding hydrogens is 158 g/mol. The summed E-state index contributed by atoms with van der Waals surface area (Å²) in [4.78, 5) is 0. The van der Waals surface area contributed by atoms with Gasteiger partial charge >= 0.3 is 18.9 Å². The average molecular weight is 159 g/mol. The van der Waals surface area contributed by atoms with Gasteiger partial charge in [-0.05, 0) is 0 Å². The van der Waals surface area contributed by atoms with E-state index in [1.807, 2.05) is 0 Å². The molecule has 0 aromatic carbocycles. The third-order valence-corrected chi connectivity index (χ3v) is 2.13. The Balaban J connectivity index is 0.000000490. The molecule has 0 N–H and O–H groups in total. The van der Waals surface area contributed by atoms with Gasteiger partial charge in [-0.15, -0.1) is 22.4 Å². The minimum atomic E-state index is 0. The normalized spacial score (nSPS) is 8.25. The van der Waals surface area contributed by atoms with Crippen LogP contribution in [0.25, 0.3) is 0 Å². The van der Waals surface area contributed by atoms with Crippen molar-refractivity contribution in [2.24, 2.45) is 0 Å². The van der Waals surface area contributed by atoms with Crippen LogP contribution in [0.3, 0.4) is 0 Å². The molecule has 0 unspecified atom stereocenters. The smallest absolute Gasteiger partial charge is 0.301 e. The molecule has 0 bridgehead atoms. The summed E-state index contributed by atoms with van der Waals surface area (Å²) < 4.78 is 0. The topological polar surface area (TPSA) is 0 Å². The second-order valence-electron chi connectivity index (χ2n) is 1.000. The van der Waals surface area contributed by atoms with E-state index in [1.165, 1.54) is 11.3 Å². The van der Waals surface area contributed by atoms with Crippen LogP contribution in [0.2, 0.25) is 10.0 Å². The maximum absolute atomic E-state index is 5.47. The van der Waals surface area contributed by atoms with Crippen LogP contribution in [0.4, 0.5) is 0 Å². The fraction of sp³-hybridized carbons (Fsp3) is 0. The second kappa shape index (κ2) is 3.82. The summed E-state index contributed by atoms with van der Waals surface area (Å²) in [5.41, 5.74) is 0. The third-order valence-electron chi connectivity index (χ3n) is 0.521. The van der Waals surface area contributed by atoms with Crippen LogP contribution in [0.15, 0.2) is 5.38 Å². The first kappa shape index (κ1) is 8.88. The summed E-state index contributed by atoms with van der Waals surface area (Å²) in [5, 5.41) is 5.59. The Hall–Kier alpha value is 0.877. The van der Waals surface area contributed by atoms with E-state index in [4.69, 9.17) is 23.2 Å². The molecule has 0 saturated carbocycles. The van der Waals surface area contributed by atoms with Crippen LogP contribution in [-0.4, -0.2) is 0 Å². The Morgan fingerprint density at radius 1 is 1.50 bits per heavy atom. The Kier molecular flexibility index (Phi) is 4.24. The van der Waals surface area contributed by atoms with Crippen molar-refractivity contribution in [2.75, 3.05) is 0 Å². The molecular formula is C4HCl2LiS. The SMILES string of the molecule is Clc1[c-]scc1Cl.[Li+]. The van der Waals surface area contributed by atoms with E-state index < -0.39 is 0 Å². The summed E-state index contributed by atoms with van der Waals surface area (Å²) >= 11 is 12.3. The fourth-order valence-electron chi connectivity index (χ4n) is 0.233. The predicted octanol–water partition coefficient (Wildman–Crippen LogP) is -0.141.